The molecule has 1 heterocycles. The molecule has 4 N–H and O–H groups in total. The highest BCUT2D eigenvalue weighted by Crippen LogP contribution is 2.22. The number of halogens is 1. The van der Waals surface area contributed by atoms with Crippen molar-refractivity contribution in [2.75, 3.05) is 18.9 Å². The number of carbonyl (C=O) groups is 2. The zero-order chi connectivity index (χ0) is 14.0. The second-order valence-electron chi connectivity index (χ2n) is 4.42. The molecule has 1 atom stereocenters. The zero-order valence-electron chi connectivity index (χ0n) is 9.98. The molecule has 6 nitrogen and oxygen atoms in total. The van der Waals surface area contributed by atoms with Crippen molar-refractivity contribution in [3.63, 3.8) is 0 Å². The summed E-state index contributed by atoms with van der Waals surface area (Å²) in [5, 5.41) is 11.8. The van der Waals surface area contributed by atoms with Gasteiger partial charge in [0.2, 0.25) is 0 Å². The van der Waals surface area contributed by atoms with Crippen molar-refractivity contribution in [1.82, 2.24) is 5.32 Å². The van der Waals surface area contributed by atoms with Crippen LogP contribution >= 0.6 is 15.9 Å². The van der Waals surface area contributed by atoms with Crippen LogP contribution in [0.15, 0.2) is 22.7 Å². The summed E-state index contributed by atoms with van der Waals surface area (Å²) in [5.74, 6) is -1.58. The molecular formula is C12H13BrN2O4. The van der Waals surface area contributed by atoms with Crippen LogP contribution in [0, 0.1) is 0 Å². The van der Waals surface area contributed by atoms with Crippen molar-refractivity contribution < 1.29 is 19.4 Å². The number of nitrogens with two attached hydrogens (primary N) is 1. The lowest BCUT2D eigenvalue weighted by Gasteiger charge is -2.23. The van der Waals surface area contributed by atoms with Gasteiger partial charge in [0.15, 0.2) is 5.54 Å². The van der Waals surface area contributed by atoms with Gasteiger partial charge in [-0.3, -0.25) is 4.79 Å². The number of ether oxygens (including phenoxy) is 1. The molecule has 1 aliphatic heterocycles. The van der Waals surface area contributed by atoms with Crippen molar-refractivity contribution in [2.24, 2.45) is 0 Å². The number of carbonyl (C=O) groups excluding carboxylic acids is 1. The predicted octanol–water partition coefficient (Wildman–Crippen LogP) is 1.00. The molecular weight excluding hydrogens is 316 g/mol. The fourth-order valence-electron chi connectivity index (χ4n) is 1.92. The van der Waals surface area contributed by atoms with Gasteiger partial charge in [-0.1, -0.05) is 15.9 Å². The topological polar surface area (TPSA) is 102 Å². The third-order valence-electron chi connectivity index (χ3n) is 2.97. The molecule has 1 unspecified atom stereocenters. The van der Waals surface area contributed by atoms with E-state index in [0.29, 0.717) is 22.3 Å². The molecule has 0 aromatic heterocycles. The molecule has 1 amide bonds. The van der Waals surface area contributed by atoms with Gasteiger partial charge in [-0.2, -0.15) is 0 Å². The first kappa shape index (κ1) is 13.8. The van der Waals surface area contributed by atoms with E-state index in [4.69, 9.17) is 10.5 Å². The number of hydrogen-bond acceptors (Lipinski definition) is 4. The Hall–Kier alpha value is -1.60. The Morgan fingerprint density at radius 2 is 2.16 bits per heavy atom. The molecule has 0 spiro atoms. The third-order valence-corrected chi connectivity index (χ3v) is 3.42. The van der Waals surface area contributed by atoms with Gasteiger partial charge in [0.05, 0.1) is 6.61 Å². The molecule has 1 aromatic carbocycles. The summed E-state index contributed by atoms with van der Waals surface area (Å²) in [7, 11) is 0. The molecule has 1 saturated heterocycles. The second-order valence-corrected chi connectivity index (χ2v) is 5.33. The molecule has 7 heteroatoms. The Morgan fingerprint density at radius 1 is 1.42 bits per heavy atom. The maximum absolute atomic E-state index is 12.1. The number of carboxylic acids is 1. The number of nitrogen functional groups attached to an aromatic ring is 1. The standard InChI is InChI=1S/C12H13BrN2O4/c13-8-3-7(4-9(14)5-8)10(16)15-12(11(17)18)1-2-19-6-12/h3-5H,1-2,6,14H2,(H,15,16)(H,17,18). The summed E-state index contributed by atoms with van der Waals surface area (Å²) in [6, 6.07) is 4.73. The highest BCUT2D eigenvalue weighted by Gasteiger charge is 2.44. The van der Waals surface area contributed by atoms with E-state index in [1.165, 1.54) is 6.07 Å². The SMILES string of the molecule is Nc1cc(Br)cc(C(=O)NC2(C(=O)O)CCOC2)c1. The number of rotatable bonds is 3. The minimum absolute atomic E-state index is 0.0302. The molecule has 1 aliphatic rings. The smallest absolute Gasteiger partial charge is 0.331 e. The highest BCUT2D eigenvalue weighted by molar-refractivity contribution is 9.10. The quantitative estimate of drug-likeness (QED) is 0.718. The monoisotopic (exact) mass is 328 g/mol. The number of amides is 1. The predicted molar refractivity (Wildman–Crippen MR) is 71.8 cm³/mol. The summed E-state index contributed by atoms with van der Waals surface area (Å²) in [6.07, 6.45) is 0.248. The Balaban J connectivity index is 2.22. The molecule has 0 radical (unpaired) electrons. The van der Waals surface area contributed by atoms with E-state index < -0.39 is 17.4 Å². The fraction of sp³-hybridized carbons (Fsp3) is 0.333. The van der Waals surface area contributed by atoms with E-state index in [1.807, 2.05) is 0 Å². The van der Waals surface area contributed by atoms with Gasteiger partial charge in [-0.15, -0.1) is 0 Å². The van der Waals surface area contributed by atoms with E-state index >= 15 is 0 Å². The summed E-state index contributed by atoms with van der Waals surface area (Å²) >= 11 is 3.24. The van der Waals surface area contributed by atoms with Crippen LogP contribution in [0.5, 0.6) is 0 Å². The maximum atomic E-state index is 12.1. The van der Waals surface area contributed by atoms with E-state index in [9.17, 15) is 14.7 Å². The molecule has 102 valence electrons. The lowest BCUT2D eigenvalue weighted by atomic mass is 9.98. The van der Waals surface area contributed by atoms with E-state index in [2.05, 4.69) is 21.2 Å². The van der Waals surface area contributed by atoms with Gasteiger partial charge >= 0.3 is 5.97 Å². The van der Waals surface area contributed by atoms with Gasteiger partial charge < -0.3 is 20.9 Å². The lowest BCUT2D eigenvalue weighted by Crippen LogP contribution is -2.55. The van der Waals surface area contributed by atoms with Gasteiger partial charge in [0.1, 0.15) is 0 Å². The minimum atomic E-state index is -1.35. The first-order valence-corrected chi connectivity index (χ1v) is 6.42. The Morgan fingerprint density at radius 3 is 2.68 bits per heavy atom. The average molecular weight is 329 g/mol. The van der Waals surface area contributed by atoms with E-state index in [1.54, 1.807) is 12.1 Å². The van der Waals surface area contributed by atoms with Crippen molar-refractivity contribution in [3.8, 4) is 0 Å². The normalized spacial score (nSPS) is 22.2. The second kappa shape index (κ2) is 5.18. The Kier molecular flexibility index (Phi) is 3.77. The van der Waals surface area contributed by atoms with Crippen LogP contribution in [0.4, 0.5) is 5.69 Å². The van der Waals surface area contributed by atoms with Crippen LogP contribution in [0.1, 0.15) is 16.8 Å². The first-order chi connectivity index (χ1) is 8.93. The Labute approximate surface area is 118 Å². The molecule has 2 rings (SSSR count). The molecule has 19 heavy (non-hydrogen) atoms. The third kappa shape index (κ3) is 2.87. The maximum Gasteiger partial charge on any atom is 0.331 e. The number of benzene rings is 1. The summed E-state index contributed by atoms with van der Waals surface area (Å²) in [4.78, 5) is 23.4. The van der Waals surface area contributed by atoms with Gasteiger partial charge in [-0.25, -0.2) is 4.79 Å². The van der Waals surface area contributed by atoms with Crippen molar-refractivity contribution in [1.29, 1.82) is 0 Å². The van der Waals surface area contributed by atoms with Crippen LogP contribution < -0.4 is 11.1 Å². The number of anilines is 1. The van der Waals surface area contributed by atoms with Crippen LogP contribution in [0.2, 0.25) is 0 Å². The fourth-order valence-corrected chi connectivity index (χ4v) is 2.43. The van der Waals surface area contributed by atoms with Crippen molar-refractivity contribution >= 4 is 33.5 Å². The first-order valence-electron chi connectivity index (χ1n) is 5.63. The summed E-state index contributed by atoms with van der Waals surface area (Å²) in [5.41, 5.74) is 5.02. The number of aliphatic carboxylic acids is 1. The van der Waals surface area contributed by atoms with Crippen molar-refractivity contribution in [3.05, 3.63) is 28.2 Å². The van der Waals surface area contributed by atoms with Gasteiger partial charge in [0.25, 0.3) is 5.91 Å². The number of carboxylic acid groups (broad SMARTS) is 1. The molecule has 0 bridgehead atoms. The van der Waals surface area contributed by atoms with E-state index in [-0.39, 0.29) is 13.0 Å². The summed E-state index contributed by atoms with van der Waals surface area (Å²) in [6.45, 7) is 0.283. The zero-order valence-corrected chi connectivity index (χ0v) is 11.6. The van der Waals surface area contributed by atoms with Crippen LogP contribution in [0.3, 0.4) is 0 Å². The van der Waals surface area contributed by atoms with Crippen LogP contribution in [-0.4, -0.2) is 35.7 Å². The van der Waals surface area contributed by atoms with Crippen molar-refractivity contribution in [2.45, 2.75) is 12.0 Å². The Bertz CT molecular complexity index is 506. The number of nitrogens with one attached hydrogen (secondary N) is 1. The lowest BCUT2D eigenvalue weighted by molar-refractivity contribution is -0.144. The summed E-state index contributed by atoms with van der Waals surface area (Å²) < 4.78 is 5.73. The van der Waals surface area contributed by atoms with Gasteiger partial charge in [-0.05, 0) is 18.2 Å². The highest BCUT2D eigenvalue weighted by atomic mass is 79.9. The molecule has 1 aromatic rings. The molecule has 0 aliphatic carbocycles. The van der Waals surface area contributed by atoms with Crippen LogP contribution in [0.25, 0.3) is 0 Å². The molecule has 0 saturated carbocycles. The largest absolute Gasteiger partial charge is 0.479 e. The molecule has 1 fully saturated rings. The minimum Gasteiger partial charge on any atom is -0.479 e. The number of hydrogen-bond donors (Lipinski definition) is 3. The van der Waals surface area contributed by atoms with Crippen LogP contribution in [-0.2, 0) is 9.53 Å². The van der Waals surface area contributed by atoms with Gasteiger partial charge in [0, 0.05) is 28.8 Å². The average Bonchev–Trinajstić information content (AvgIpc) is 2.77. The van der Waals surface area contributed by atoms with E-state index in [0.717, 1.165) is 0 Å².